The van der Waals surface area contributed by atoms with Crippen molar-refractivity contribution in [3.63, 3.8) is 0 Å². The normalized spacial score (nSPS) is 12.5. The molecule has 2 aliphatic rings. The lowest BCUT2D eigenvalue weighted by molar-refractivity contribution is 0.793. The highest BCUT2D eigenvalue weighted by Crippen LogP contribution is 2.63. The molecule has 0 N–H and O–H groups in total. The Balaban J connectivity index is 0.000000145. The summed E-state index contributed by atoms with van der Waals surface area (Å²) in [6.07, 6.45) is 0. The van der Waals surface area contributed by atoms with E-state index in [9.17, 15) is 0 Å². The highest BCUT2D eigenvalue weighted by Gasteiger charge is 2.51. The minimum Gasteiger partial charge on any atom is -0.345 e. The number of aromatic nitrogens is 2. The van der Waals surface area contributed by atoms with Gasteiger partial charge in [0.15, 0.2) is 0 Å². The molecular weight excluding hydrogens is 957 g/mol. The molecule has 374 valence electrons. The number of hydrogen-bond donors (Lipinski definition) is 0. The largest absolute Gasteiger partial charge is 0.345 e. The highest BCUT2D eigenvalue weighted by atomic mass is 15.1. The van der Waals surface area contributed by atoms with Crippen molar-refractivity contribution in [2.45, 2.75) is 5.41 Å². The van der Waals surface area contributed by atoms with Gasteiger partial charge in [0.05, 0.1) is 27.5 Å². The van der Waals surface area contributed by atoms with Crippen LogP contribution >= 0.6 is 0 Å². The molecule has 4 heteroatoms. The van der Waals surface area contributed by atoms with Crippen LogP contribution in [0.4, 0.5) is 22.7 Å². The van der Waals surface area contributed by atoms with Gasteiger partial charge in [-0.2, -0.15) is 0 Å². The smallest absolute Gasteiger partial charge is 0.0726 e. The second-order valence-corrected chi connectivity index (χ2v) is 20.9. The topological polar surface area (TPSA) is 16.3 Å². The SMILES string of the molecule is CN(c1ccc(-n2c3ccccc3c3ccccc32)cc1)c1ccc2c(c1)C1(c3ccccc3-c3ccccc31)c1ccccc1-2.CN(c1ccccc1)c1ccc(-c2ccc(-n3c4ccccc4c4ccccc43)cc2)cc1. The average molecular weight is 1010 g/mol. The van der Waals surface area contributed by atoms with Crippen LogP contribution in [-0.4, -0.2) is 23.2 Å². The van der Waals surface area contributed by atoms with E-state index in [1.807, 2.05) is 6.07 Å². The van der Waals surface area contributed by atoms with Gasteiger partial charge in [-0.05, 0) is 153 Å². The molecular formula is C75H54N4. The van der Waals surface area contributed by atoms with Crippen LogP contribution in [0.5, 0.6) is 0 Å². The van der Waals surface area contributed by atoms with Crippen LogP contribution in [0.3, 0.4) is 0 Å². The molecule has 14 aromatic rings. The molecule has 2 aliphatic carbocycles. The molecule has 0 saturated heterocycles. The molecule has 12 aromatic carbocycles. The Bertz CT molecular complexity index is 4450. The Morgan fingerprint density at radius 1 is 0.253 bits per heavy atom. The molecule has 0 radical (unpaired) electrons. The maximum Gasteiger partial charge on any atom is 0.0726 e. The Morgan fingerprint density at radius 2 is 0.557 bits per heavy atom. The molecule has 4 nitrogen and oxygen atoms in total. The van der Waals surface area contributed by atoms with Crippen molar-refractivity contribution in [3.8, 4) is 44.8 Å². The van der Waals surface area contributed by atoms with Gasteiger partial charge in [0.25, 0.3) is 0 Å². The fraction of sp³-hybridized carbons (Fsp3) is 0.0400. The maximum absolute atomic E-state index is 2.44. The van der Waals surface area contributed by atoms with Crippen molar-refractivity contribution in [2.24, 2.45) is 0 Å². The van der Waals surface area contributed by atoms with Crippen molar-refractivity contribution in [1.29, 1.82) is 0 Å². The van der Waals surface area contributed by atoms with Crippen LogP contribution in [0.1, 0.15) is 22.3 Å². The van der Waals surface area contributed by atoms with Crippen LogP contribution in [0.15, 0.2) is 291 Å². The zero-order valence-electron chi connectivity index (χ0n) is 44.0. The molecule has 16 rings (SSSR count). The fourth-order valence-electron chi connectivity index (χ4n) is 13.1. The monoisotopic (exact) mass is 1010 g/mol. The number of nitrogens with zero attached hydrogens (tertiary/aromatic N) is 4. The molecule has 2 aromatic heterocycles. The summed E-state index contributed by atoms with van der Waals surface area (Å²) in [5, 5.41) is 5.13. The molecule has 0 atom stereocenters. The van der Waals surface area contributed by atoms with E-state index in [2.05, 4.69) is 318 Å². The predicted molar refractivity (Wildman–Crippen MR) is 332 cm³/mol. The third-order valence-electron chi connectivity index (χ3n) is 16.9. The first-order valence-electron chi connectivity index (χ1n) is 27.3. The third-order valence-corrected chi connectivity index (χ3v) is 16.9. The van der Waals surface area contributed by atoms with Crippen LogP contribution < -0.4 is 9.80 Å². The van der Waals surface area contributed by atoms with E-state index in [0.717, 1.165) is 11.4 Å². The first kappa shape index (κ1) is 46.2. The quantitative estimate of drug-likeness (QED) is 0.158. The van der Waals surface area contributed by atoms with Gasteiger partial charge in [-0.1, -0.05) is 194 Å². The number of para-hydroxylation sites is 5. The number of rotatable bonds is 7. The molecule has 0 aliphatic heterocycles. The van der Waals surface area contributed by atoms with Crippen molar-refractivity contribution >= 4 is 66.4 Å². The molecule has 0 fully saturated rings. The summed E-state index contributed by atoms with van der Waals surface area (Å²) in [5.41, 5.74) is 24.8. The Kier molecular flexibility index (Phi) is 10.8. The van der Waals surface area contributed by atoms with Crippen LogP contribution in [0.25, 0.3) is 88.4 Å². The summed E-state index contributed by atoms with van der Waals surface area (Å²) in [7, 11) is 4.29. The van der Waals surface area contributed by atoms with Crippen LogP contribution in [0, 0.1) is 0 Å². The van der Waals surface area contributed by atoms with Gasteiger partial charge in [-0.15, -0.1) is 0 Å². The summed E-state index contributed by atoms with van der Waals surface area (Å²) in [6.45, 7) is 0. The Labute approximate surface area is 460 Å². The Morgan fingerprint density at radius 3 is 1.00 bits per heavy atom. The van der Waals surface area contributed by atoms with Gasteiger partial charge in [0.2, 0.25) is 0 Å². The van der Waals surface area contributed by atoms with Crippen molar-refractivity contribution in [1.82, 2.24) is 9.13 Å². The molecule has 79 heavy (non-hydrogen) atoms. The van der Waals surface area contributed by atoms with Crippen LogP contribution in [-0.2, 0) is 5.41 Å². The molecule has 0 amide bonds. The summed E-state index contributed by atoms with van der Waals surface area (Å²) in [5.74, 6) is 0. The summed E-state index contributed by atoms with van der Waals surface area (Å²) in [6, 6.07) is 106. The maximum atomic E-state index is 2.44. The van der Waals surface area contributed by atoms with E-state index < -0.39 is 0 Å². The fourth-order valence-corrected chi connectivity index (χ4v) is 13.1. The van der Waals surface area contributed by atoms with Gasteiger partial charge in [0, 0.05) is 69.8 Å². The minimum atomic E-state index is -0.337. The van der Waals surface area contributed by atoms with E-state index in [1.54, 1.807) is 0 Å². The van der Waals surface area contributed by atoms with E-state index >= 15 is 0 Å². The lowest BCUT2D eigenvalue weighted by Gasteiger charge is -2.31. The average Bonchev–Trinajstić information content (AvgIpc) is 2.87. The first-order valence-corrected chi connectivity index (χ1v) is 27.3. The Hall–Kier alpha value is -10.2. The van der Waals surface area contributed by atoms with E-state index in [4.69, 9.17) is 0 Å². The summed E-state index contributed by atoms with van der Waals surface area (Å²) >= 11 is 0. The molecule has 0 unspecified atom stereocenters. The van der Waals surface area contributed by atoms with Gasteiger partial charge < -0.3 is 18.9 Å². The zero-order chi connectivity index (χ0) is 52.6. The third kappa shape index (κ3) is 7.22. The number of anilines is 4. The zero-order valence-corrected chi connectivity index (χ0v) is 44.0. The molecule has 0 saturated carbocycles. The molecule has 0 bridgehead atoms. The molecule has 2 heterocycles. The lowest BCUT2D eigenvalue weighted by atomic mass is 9.70. The van der Waals surface area contributed by atoms with Crippen molar-refractivity contribution in [2.75, 3.05) is 23.9 Å². The van der Waals surface area contributed by atoms with Crippen LogP contribution in [0.2, 0.25) is 0 Å². The van der Waals surface area contributed by atoms with E-state index in [1.165, 1.54) is 122 Å². The first-order chi connectivity index (χ1) is 39.0. The van der Waals surface area contributed by atoms with Gasteiger partial charge in [0.1, 0.15) is 0 Å². The summed E-state index contributed by atoms with van der Waals surface area (Å²) < 4.78 is 4.73. The standard InChI is InChI=1S/C44H30N2.C31H24N2/c1-45(29-22-24-30(25-23-29)46-42-20-10-5-15-36(42)37-16-6-11-21-43(37)46)31-26-27-35-34-14-4-9-19-40(34)44(41(35)28-31)38-17-7-2-12-32(38)33-13-3-8-18-39(33)44;1-32(25-9-3-2-4-10-25)26-19-15-23(16-20-26)24-17-21-27(22-18-24)33-30-13-7-5-11-28(30)29-12-6-8-14-31(29)33/h2-28H,1H3;2-22H,1H3. The highest BCUT2D eigenvalue weighted by molar-refractivity contribution is 6.10. The van der Waals surface area contributed by atoms with E-state index in [-0.39, 0.29) is 5.41 Å². The minimum absolute atomic E-state index is 0.337. The predicted octanol–water partition coefficient (Wildman–Crippen LogP) is 19.1. The van der Waals surface area contributed by atoms with E-state index in [0.29, 0.717) is 0 Å². The van der Waals surface area contributed by atoms with Gasteiger partial charge >= 0.3 is 0 Å². The number of benzene rings is 12. The second kappa shape index (κ2) is 18.5. The van der Waals surface area contributed by atoms with Gasteiger partial charge in [-0.25, -0.2) is 0 Å². The van der Waals surface area contributed by atoms with Crippen molar-refractivity contribution in [3.05, 3.63) is 313 Å². The second-order valence-electron chi connectivity index (χ2n) is 20.9. The lowest BCUT2D eigenvalue weighted by Crippen LogP contribution is -2.26. The number of hydrogen-bond acceptors (Lipinski definition) is 2. The summed E-state index contributed by atoms with van der Waals surface area (Å²) in [4.78, 5) is 4.52. The van der Waals surface area contributed by atoms with Gasteiger partial charge in [-0.3, -0.25) is 0 Å². The number of fused-ring (bicyclic) bond motifs is 16. The molecule has 1 spiro atoms. The van der Waals surface area contributed by atoms with Crippen molar-refractivity contribution < 1.29 is 0 Å².